The number of aryl methyl sites for hydroxylation is 1. The molecular formula is C17H19N7O. The predicted octanol–water partition coefficient (Wildman–Crippen LogP) is 1.15. The molecule has 1 unspecified atom stereocenters. The monoisotopic (exact) mass is 337 g/mol. The van der Waals surface area contributed by atoms with Gasteiger partial charge in [-0.1, -0.05) is 0 Å². The Hall–Kier alpha value is -3.03. The van der Waals surface area contributed by atoms with Crippen molar-refractivity contribution < 1.29 is 4.79 Å². The average molecular weight is 337 g/mol. The lowest BCUT2D eigenvalue weighted by Gasteiger charge is -2.24. The van der Waals surface area contributed by atoms with Crippen LogP contribution in [0.1, 0.15) is 21.9 Å². The zero-order chi connectivity index (χ0) is 17.2. The number of nitrogens with zero attached hydrogens (tertiary/aromatic N) is 7. The standard InChI is InChI=1S/C17H19N7O/c1-13-2-3-15(6-20-13)17(25)23-8-14(9-24-12-18-11-21-24)7-22-5-4-19-16(22)10-23/h2-6,11-12,14H,7-10H2,1H3. The number of aromatic nitrogens is 6. The van der Waals surface area contributed by atoms with E-state index >= 15 is 0 Å². The van der Waals surface area contributed by atoms with Gasteiger partial charge in [-0.25, -0.2) is 9.97 Å². The SMILES string of the molecule is Cc1ccc(C(=O)N2Cc3nccn3CC(Cn3cncn3)C2)cn1. The van der Waals surface area contributed by atoms with E-state index in [9.17, 15) is 4.79 Å². The van der Waals surface area contributed by atoms with Crippen LogP contribution >= 0.6 is 0 Å². The van der Waals surface area contributed by atoms with Crippen LogP contribution in [0.3, 0.4) is 0 Å². The van der Waals surface area contributed by atoms with Crippen LogP contribution in [0, 0.1) is 12.8 Å². The van der Waals surface area contributed by atoms with Crippen LogP contribution < -0.4 is 0 Å². The number of amides is 1. The van der Waals surface area contributed by atoms with Gasteiger partial charge in [-0.3, -0.25) is 14.5 Å². The number of carbonyl (C=O) groups excluding carboxylic acids is 1. The zero-order valence-corrected chi connectivity index (χ0v) is 14.0. The molecule has 0 radical (unpaired) electrons. The summed E-state index contributed by atoms with van der Waals surface area (Å²) in [5.41, 5.74) is 1.50. The number of carbonyl (C=O) groups is 1. The van der Waals surface area contributed by atoms with E-state index < -0.39 is 0 Å². The Balaban J connectivity index is 1.60. The van der Waals surface area contributed by atoms with Crippen molar-refractivity contribution in [2.45, 2.75) is 26.6 Å². The highest BCUT2D eigenvalue weighted by Gasteiger charge is 2.27. The van der Waals surface area contributed by atoms with Crippen molar-refractivity contribution in [3.63, 3.8) is 0 Å². The molecule has 3 aromatic heterocycles. The third kappa shape index (κ3) is 3.28. The number of hydrogen-bond acceptors (Lipinski definition) is 5. The second-order valence-electron chi connectivity index (χ2n) is 6.35. The van der Waals surface area contributed by atoms with Gasteiger partial charge in [-0.05, 0) is 19.1 Å². The van der Waals surface area contributed by atoms with E-state index in [-0.39, 0.29) is 11.8 Å². The molecule has 0 aromatic carbocycles. The molecule has 3 aromatic rings. The highest BCUT2D eigenvalue weighted by atomic mass is 16.2. The van der Waals surface area contributed by atoms with E-state index in [1.54, 1.807) is 18.7 Å². The van der Waals surface area contributed by atoms with Gasteiger partial charge in [-0.2, -0.15) is 5.10 Å². The minimum atomic E-state index is -0.0208. The summed E-state index contributed by atoms with van der Waals surface area (Å²) in [5.74, 6) is 1.10. The Labute approximate surface area is 145 Å². The quantitative estimate of drug-likeness (QED) is 0.716. The largest absolute Gasteiger partial charge is 0.333 e. The van der Waals surface area contributed by atoms with Crippen LogP contribution in [0.25, 0.3) is 0 Å². The van der Waals surface area contributed by atoms with Crippen LogP contribution in [-0.2, 0) is 19.6 Å². The summed E-state index contributed by atoms with van der Waals surface area (Å²) < 4.78 is 3.92. The van der Waals surface area contributed by atoms with E-state index in [0.717, 1.165) is 18.1 Å². The van der Waals surface area contributed by atoms with E-state index in [1.807, 2.05) is 34.8 Å². The van der Waals surface area contributed by atoms with Crippen LogP contribution in [0.15, 0.2) is 43.4 Å². The fraction of sp³-hybridized carbons (Fsp3) is 0.353. The first-order valence-electron chi connectivity index (χ1n) is 8.23. The highest BCUT2D eigenvalue weighted by Crippen LogP contribution is 2.19. The number of imidazole rings is 1. The molecule has 0 N–H and O–H groups in total. The van der Waals surface area contributed by atoms with Gasteiger partial charge in [0.25, 0.3) is 5.91 Å². The third-order valence-corrected chi connectivity index (χ3v) is 4.42. The Morgan fingerprint density at radius 2 is 2.20 bits per heavy atom. The number of fused-ring (bicyclic) bond motifs is 1. The first-order valence-corrected chi connectivity index (χ1v) is 8.23. The average Bonchev–Trinajstić information content (AvgIpc) is 3.24. The lowest BCUT2D eigenvalue weighted by atomic mass is 10.1. The van der Waals surface area contributed by atoms with Crippen molar-refractivity contribution in [1.29, 1.82) is 0 Å². The first-order chi connectivity index (χ1) is 12.2. The molecule has 0 spiro atoms. The predicted molar refractivity (Wildman–Crippen MR) is 89.5 cm³/mol. The van der Waals surface area contributed by atoms with Crippen molar-refractivity contribution in [2.75, 3.05) is 6.54 Å². The lowest BCUT2D eigenvalue weighted by molar-refractivity contribution is 0.0712. The first kappa shape index (κ1) is 15.5. The maximum absolute atomic E-state index is 13.0. The second kappa shape index (κ2) is 6.46. The van der Waals surface area contributed by atoms with Gasteiger partial charge >= 0.3 is 0 Å². The van der Waals surface area contributed by atoms with Crippen molar-refractivity contribution in [3.8, 4) is 0 Å². The van der Waals surface area contributed by atoms with Crippen molar-refractivity contribution in [2.24, 2.45) is 5.92 Å². The third-order valence-electron chi connectivity index (χ3n) is 4.42. The molecule has 1 amide bonds. The Bertz CT molecular complexity index is 854. The Morgan fingerprint density at radius 3 is 2.96 bits per heavy atom. The summed E-state index contributed by atoms with van der Waals surface area (Å²) >= 11 is 0. The summed E-state index contributed by atoms with van der Waals surface area (Å²) in [6.07, 6.45) is 8.62. The molecule has 1 atom stereocenters. The van der Waals surface area contributed by atoms with Gasteiger partial charge < -0.3 is 9.47 Å². The van der Waals surface area contributed by atoms with Gasteiger partial charge in [0.1, 0.15) is 18.5 Å². The van der Waals surface area contributed by atoms with Gasteiger partial charge in [0.2, 0.25) is 0 Å². The minimum Gasteiger partial charge on any atom is -0.333 e. The van der Waals surface area contributed by atoms with Crippen molar-refractivity contribution in [3.05, 3.63) is 60.5 Å². The fourth-order valence-electron chi connectivity index (χ4n) is 3.18. The molecule has 25 heavy (non-hydrogen) atoms. The van der Waals surface area contributed by atoms with Crippen LogP contribution in [0.2, 0.25) is 0 Å². The second-order valence-corrected chi connectivity index (χ2v) is 6.35. The van der Waals surface area contributed by atoms with Gasteiger partial charge in [-0.15, -0.1) is 0 Å². The summed E-state index contributed by atoms with van der Waals surface area (Å²) in [5, 5.41) is 4.19. The summed E-state index contributed by atoms with van der Waals surface area (Å²) in [6.45, 7) is 4.54. The Kier molecular flexibility index (Phi) is 4.01. The molecule has 8 heteroatoms. The molecule has 0 aliphatic carbocycles. The van der Waals surface area contributed by atoms with Gasteiger partial charge in [0.15, 0.2) is 0 Å². The molecule has 0 saturated carbocycles. The summed E-state index contributed by atoms with van der Waals surface area (Å²) in [6, 6.07) is 3.69. The molecule has 1 aliphatic rings. The molecule has 0 bridgehead atoms. The fourth-order valence-corrected chi connectivity index (χ4v) is 3.18. The molecule has 4 heterocycles. The molecule has 4 rings (SSSR count). The number of hydrogen-bond donors (Lipinski definition) is 0. The van der Waals surface area contributed by atoms with Crippen molar-refractivity contribution in [1.82, 2.24) is 34.2 Å². The van der Waals surface area contributed by atoms with E-state index in [0.29, 0.717) is 25.2 Å². The van der Waals surface area contributed by atoms with Crippen LogP contribution in [0.4, 0.5) is 0 Å². The van der Waals surface area contributed by atoms with Crippen LogP contribution in [-0.4, -0.2) is 46.7 Å². The minimum absolute atomic E-state index is 0.0208. The number of rotatable bonds is 3. The molecule has 128 valence electrons. The molecule has 0 saturated heterocycles. The van der Waals surface area contributed by atoms with Crippen molar-refractivity contribution >= 4 is 5.91 Å². The zero-order valence-electron chi connectivity index (χ0n) is 14.0. The topological polar surface area (TPSA) is 81.7 Å². The Morgan fingerprint density at radius 1 is 1.28 bits per heavy atom. The maximum atomic E-state index is 13.0. The smallest absolute Gasteiger partial charge is 0.255 e. The normalized spacial score (nSPS) is 17.2. The van der Waals surface area contributed by atoms with Gasteiger partial charge in [0, 0.05) is 49.8 Å². The highest BCUT2D eigenvalue weighted by molar-refractivity contribution is 5.93. The van der Waals surface area contributed by atoms with E-state index in [1.165, 1.54) is 6.33 Å². The molecule has 1 aliphatic heterocycles. The molecular weight excluding hydrogens is 318 g/mol. The number of pyridine rings is 1. The van der Waals surface area contributed by atoms with Crippen LogP contribution in [0.5, 0.6) is 0 Å². The van der Waals surface area contributed by atoms with E-state index in [2.05, 4.69) is 24.6 Å². The lowest BCUT2D eigenvalue weighted by Crippen LogP contribution is -2.35. The summed E-state index contributed by atoms with van der Waals surface area (Å²) in [7, 11) is 0. The molecule has 8 nitrogen and oxygen atoms in total. The maximum Gasteiger partial charge on any atom is 0.255 e. The summed E-state index contributed by atoms with van der Waals surface area (Å²) in [4.78, 5) is 27.5. The van der Waals surface area contributed by atoms with E-state index in [4.69, 9.17) is 0 Å². The molecule has 0 fully saturated rings. The van der Waals surface area contributed by atoms with Gasteiger partial charge in [0.05, 0.1) is 12.1 Å².